The number of aliphatic imine (C=N–C) groups is 1. The van der Waals surface area contributed by atoms with Crippen LogP contribution in [0.25, 0.3) is 11.6 Å². The fourth-order valence-electron chi connectivity index (χ4n) is 3.16. The van der Waals surface area contributed by atoms with Gasteiger partial charge in [-0.25, -0.2) is 4.99 Å². The van der Waals surface area contributed by atoms with Crippen LogP contribution in [0, 0.1) is 0 Å². The van der Waals surface area contributed by atoms with Gasteiger partial charge in [-0.15, -0.1) is 0 Å². The molecule has 0 bridgehead atoms. The molecule has 1 N–H and O–H groups in total. The highest BCUT2D eigenvalue weighted by Gasteiger charge is 2.19. The summed E-state index contributed by atoms with van der Waals surface area (Å²) < 4.78 is 12.1. The van der Waals surface area contributed by atoms with Crippen molar-refractivity contribution in [2.45, 2.75) is 13.7 Å². The van der Waals surface area contributed by atoms with Gasteiger partial charge in [-0.05, 0) is 43.3 Å². The highest BCUT2D eigenvalue weighted by atomic mass is 32.1. The van der Waals surface area contributed by atoms with Crippen molar-refractivity contribution < 1.29 is 14.6 Å². The fraction of sp³-hybridized carbons (Fsp3) is 0.182. The molecule has 0 fully saturated rings. The lowest BCUT2D eigenvalue weighted by atomic mass is 10.0. The number of methoxy groups -OCH3 is 2. The number of para-hydroxylation sites is 1. The summed E-state index contributed by atoms with van der Waals surface area (Å²) in [6.07, 6.45) is 1.96. The summed E-state index contributed by atoms with van der Waals surface area (Å²) >= 11 is 1.40. The Morgan fingerprint density at radius 1 is 1.14 bits per heavy atom. The molecule has 0 amide bonds. The van der Waals surface area contributed by atoms with Gasteiger partial charge in [0.1, 0.15) is 12.5 Å². The van der Waals surface area contributed by atoms with E-state index in [-0.39, 0.29) is 12.6 Å². The molecule has 0 atom stereocenters. The van der Waals surface area contributed by atoms with Crippen LogP contribution in [-0.4, -0.2) is 29.6 Å². The van der Waals surface area contributed by atoms with E-state index >= 15 is 0 Å². The van der Waals surface area contributed by atoms with Crippen LogP contribution in [0.2, 0.25) is 0 Å². The van der Waals surface area contributed by atoms with Crippen molar-refractivity contribution in [2.24, 2.45) is 9.98 Å². The summed E-state index contributed by atoms with van der Waals surface area (Å²) in [5, 5.41) is 10.8. The number of benzene rings is 2. The largest absolute Gasteiger partial charge is 0.497 e. The highest BCUT2D eigenvalue weighted by Crippen LogP contribution is 2.37. The van der Waals surface area contributed by atoms with Crippen LogP contribution in [0.5, 0.6) is 11.6 Å². The molecule has 1 aliphatic rings. The molecule has 0 radical (unpaired) electrons. The summed E-state index contributed by atoms with van der Waals surface area (Å²) in [7, 11) is 3.21. The quantitative estimate of drug-likeness (QED) is 0.664. The van der Waals surface area contributed by atoms with Crippen molar-refractivity contribution >= 4 is 40.1 Å². The maximum absolute atomic E-state index is 10.8. The summed E-state index contributed by atoms with van der Waals surface area (Å²) in [4.78, 5) is 10.6. The zero-order chi connectivity index (χ0) is 20.4. The van der Waals surface area contributed by atoms with Gasteiger partial charge >= 0.3 is 0 Å². The van der Waals surface area contributed by atoms with Crippen molar-refractivity contribution in [3.63, 3.8) is 0 Å². The number of fused-ring (bicyclic) bond motifs is 1. The van der Waals surface area contributed by atoms with E-state index in [1.165, 1.54) is 11.3 Å². The Balaban J connectivity index is 1.81. The molecule has 7 heteroatoms. The van der Waals surface area contributed by atoms with Gasteiger partial charge in [-0.2, -0.15) is 0 Å². The van der Waals surface area contributed by atoms with Crippen LogP contribution >= 0.6 is 11.3 Å². The number of rotatable bonds is 5. The average Bonchev–Trinajstić information content (AvgIpc) is 3.20. The van der Waals surface area contributed by atoms with Gasteiger partial charge in [0.05, 0.1) is 23.4 Å². The zero-order valence-electron chi connectivity index (χ0n) is 16.4. The minimum Gasteiger partial charge on any atom is -0.497 e. The zero-order valence-corrected chi connectivity index (χ0v) is 17.2. The van der Waals surface area contributed by atoms with Gasteiger partial charge in [0.15, 0.2) is 4.80 Å². The molecule has 2 heterocycles. The molecule has 0 saturated carbocycles. The van der Waals surface area contributed by atoms with Crippen molar-refractivity contribution in [3.8, 4) is 11.6 Å². The summed E-state index contributed by atoms with van der Waals surface area (Å²) in [6, 6.07) is 15.4. The van der Waals surface area contributed by atoms with Crippen molar-refractivity contribution in [1.29, 1.82) is 0 Å². The van der Waals surface area contributed by atoms with Gasteiger partial charge < -0.3 is 14.6 Å². The van der Waals surface area contributed by atoms with Gasteiger partial charge in [0, 0.05) is 24.0 Å². The molecule has 1 aliphatic heterocycles. The third-order valence-electron chi connectivity index (χ3n) is 4.61. The maximum atomic E-state index is 10.8. The monoisotopic (exact) mass is 407 g/mol. The third-order valence-corrected chi connectivity index (χ3v) is 5.63. The van der Waals surface area contributed by atoms with Gasteiger partial charge in [-0.3, -0.25) is 9.56 Å². The topological polar surface area (TPSA) is 68.3 Å². The first-order chi connectivity index (χ1) is 14.1. The normalized spacial score (nSPS) is 14.9. The van der Waals surface area contributed by atoms with E-state index in [1.54, 1.807) is 18.8 Å². The lowest BCUT2D eigenvalue weighted by Crippen LogP contribution is -2.15. The highest BCUT2D eigenvalue weighted by molar-refractivity contribution is 7.10. The number of aromatic nitrogens is 1. The lowest BCUT2D eigenvalue weighted by Gasteiger charge is -2.04. The molecule has 0 unspecified atom stereocenters. The fourth-order valence-corrected chi connectivity index (χ4v) is 4.14. The first-order valence-corrected chi connectivity index (χ1v) is 9.89. The molecule has 6 nitrogen and oxygen atoms in total. The first kappa shape index (κ1) is 19.2. The summed E-state index contributed by atoms with van der Waals surface area (Å²) in [6.45, 7) is 2.17. The smallest absolute Gasteiger partial charge is 0.213 e. The second-order valence-electron chi connectivity index (χ2n) is 6.50. The van der Waals surface area contributed by atoms with E-state index < -0.39 is 0 Å². The number of hydrogen-bond donors (Lipinski definition) is 1. The number of allylic oxidation sites excluding steroid dienone is 1. The molecule has 3 aromatic rings. The Morgan fingerprint density at radius 2 is 1.90 bits per heavy atom. The summed E-state index contributed by atoms with van der Waals surface area (Å²) in [5.41, 5.74) is 4.69. The average molecular weight is 407 g/mol. The molecule has 1 aromatic heterocycles. The second kappa shape index (κ2) is 8.06. The number of thiazole rings is 1. The van der Waals surface area contributed by atoms with Crippen LogP contribution < -0.4 is 9.54 Å². The van der Waals surface area contributed by atoms with Gasteiger partial charge in [-0.1, -0.05) is 29.5 Å². The number of ether oxygens (including phenoxy) is 2. The maximum Gasteiger partial charge on any atom is 0.213 e. The van der Waals surface area contributed by atoms with Gasteiger partial charge in [0.2, 0.25) is 5.88 Å². The number of nitrogens with zero attached hydrogens (tertiary/aromatic N) is 3. The Labute approximate surface area is 172 Å². The summed E-state index contributed by atoms with van der Waals surface area (Å²) in [5.74, 6) is 0.886. The van der Waals surface area contributed by atoms with E-state index in [0.717, 1.165) is 34.0 Å². The lowest BCUT2D eigenvalue weighted by molar-refractivity contribution is 0.121. The van der Waals surface area contributed by atoms with E-state index in [2.05, 4.69) is 9.98 Å². The van der Waals surface area contributed by atoms with E-state index in [0.29, 0.717) is 9.68 Å². The van der Waals surface area contributed by atoms with E-state index in [1.807, 2.05) is 61.5 Å². The van der Waals surface area contributed by atoms with Crippen LogP contribution in [0.1, 0.15) is 17.4 Å². The molecule has 4 rings (SSSR count). The predicted octanol–water partition coefficient (Wildman–Crippen LogP) is 4.75. The molecule has 29 heavy (non-hydrogen) atoms. The molecule has 0 saturated heterocycles. The third kappa shape index (κ3) is 3.74. The number of aromatic hydroxyl groups is 1. The molecule has 0 spiro atoms. The van der Waals surface area contributed by atoms with Crippen LogP contribution in [0.15, 0.2) is 58.5 Å². The SMILES string of the molecule is COCn1c(O)c(/C=C2\C(C)=Nc3ccccc32)sc1=Nc1ccc(OC)cc1. The minimum absolute atomic E-state index is 0.119. The molecular formula is C22H21N3O3S. The van der Waals surface area contributed by atoms with Crippen LogP contribution in [0.3, 0.4) is 0 Å². The minimum atomic E-state index is 0.119. The standard InChI is InChI=1S/C22H21N3O3S/c1-14-18(17-6-4-5-7-19(17)23-14)12-20-21(26)25(13-27-2)22(29-20)24-15-8-10-16(28-3)11-9-15/h4-12,26H,13H2,1-3H3/b18-12+,24-22?. The van der Waals surface area contributed by atoms with Crippen LogP contribution in [0.4, 0.5) is 11.4 Å². The number of hydrogen-bond acceptors (Lipinski definition) is 6. The van der Waals surface area contributed by atoms with E-state index in [9.17, 15) is 5.11 Å². The van der Waals surface area contributed by atoms with E-state index in [4.69, 9.17) is 9.47 Å². The predicted molar refractivity (Wildman–Crippen MR) is 116 cm³/mol. The molecule has 0 aliphatic carbocycles. The Kier molecular flexibility index (Phi) is 5.33. The van der Waals surface area contributed by atoms with Crippen molar-refractivity contribution in [2.75, 3.05) is 14.2 Å². The Bertz CT molecular complexity index is 1170. The molecule has 2 aromatic carbocycles. The second-order valence-corrected chi connectivity index (χ2v) is 7.51. The van der Waals surface area contributed by atoms with Crippen molar-refractivity contribution in [3.05, 3.63) is 63.8 Å². The first-order valence-electron chi connectivity index (χ1n) is 9.08. The molecular weight excluding hydrogens is 386 g/mol. The Hall–Kier alpha value is -3.16. The molecule has 148 valence electrons. The van der Waals surface area contributed by atoms with Crippen molar-refractivity contribution in [1.82, 2.24) is 4.57 Å². The van der Waals surface area contributed by atoms with Gasteiger partial charge in [0.25, 0.3) is 0 Å². The van der Waals surface area contributed by atoms with Crippen LogP contribution in [-0.2, 0) is 11.5 Å². The Morgan fingerprint density at radius 3 is 2.62 bits per heavy atom.